The van der Waals surface area contributed by atoms with Gasteiger partial charge in [0.2, 0.25) is 0 Å². The van der Waals surface area contributed by atoms with E-state index in [1.165, 1.54) is 0 Å². The molecule has 1 aromatic heterocycles. The molecule has 0 radical (unpaired) electrons. The van der Waals surface area contributed by atoms with Crippen LogP contribution >= 0.6 is 0 Å². The Morgan fingerprint density at radius 2 is 1.83 bits per heavy atom. The quantitative estimate of drug-likeness (QED) is 0.641. The Hall–Kier alpha value is -2.99. The highest BCUT2D eigenvalue weighted by Crippen LogP contribution is 2.47. The van der Waals surface area contributed by atoms with Crippen molar-refractivity contribution >= 4 is 28.1 Å². The molecule has 5 rings (SSSR count). The van der Waals surface area contributed by atoms with E-state index in [0.717, 1.165) is 70.9 Å². The second-order valence-corrected chi connectivity index (χ2v) is 8.99. The summed E-state index contributed by atoms with van der Waals surface area (Å²) in [5.74, 6) is 0.886. The van der Waals surface area contributed by atoms with Crippen LogP contribution in [0, 0.1) is 0 Å². The minimum absolute atomic E-state index is 0.0633. The van der Waals surface area contributed by atoms with Crippen LogP contribution in [0.25, 0.3) is 10.9 Å². The molecule has 2 aromatic carbocycles. The Labute approximate surface area is 176 Å². The molecule has 0 atom stereocenters. The third kappa shape index (κ3) is 2.63. The van der Waals surface area contributed by atoms with Crippen molar-refractivity contribution < 1.29 is 9.53 Å². The van der Waals surface area contributed by atoms with Gasteiger partial charge in [0, 0.05) is 59.4 Å². The summed E-state index contributed by atoms with van der Waals surface area (Å²) < 4.78 is 5.79. The topological polar surface area (TPSA) is 74.6 Å². The number of methoxy groups -OCH3 is 1. The molecule has 1 aliphatic heterocycles. The minimum Gasteiger partial charge on any atom is -0.495 e. The van der Waals surface area contributed by atoms with Crippen LogP contribution in [0.15, 0.2) is 30.3 Å². The lowest BCUT2D eigenvalue weighted by Gasteiger charge is -2.37. The molecule has 1 aliphatic carbocycles. The Kier molecular flexibility index (Phi) is 4.12. The molecule has 30 heavy (non-hydrogen) atoms. The van der Waals surface area contributed by atoms with E-state index in [9.17, 15) is 4.79 Å². The van der Waals surface area contributed by atoms with Gasteiger partial charge in [-0.2, -0.15) is 0 Å². The number of carbonyl (C=O) groups excluding carboxylic acids is 1. The lowest BCUT2D eigenvalue weighted by Crippen LogP contribution is -2.44. The first kappa shape index (κ1) is 19.0. The van der Waals surface area contributed by atoms with E-state index in [-0.39, 0.29) is 11.2 Å². The summed E-state index contributed by atoms with van der Waals surface area (Å²) in [5.41, 5.74) is 11.7. The van der Waals surface area contributed by atoms with E-state index in [0.29, 0.717) is 5.69 Å². The van der Waals surface area contributed by atoms with E-state index in [1.807, 2.05) is 24.3 Å². The van der Waals surface area contributed by atoms with E-state index in [4.69, 9.17) is 10.5 Å². The van der Waals surface area contributed by atoms with Crippen molar-refractivity contribution in [3.63, 3.8) is 0 Å². The maximum Gasteiger partial charge on any atom is 0.195 e. The number of anilines is 2. The van der Waals surface area contributed by atoms with E-state index < -0.39 is 0 Å². The molecule has 0 saturated carbocycles. The number of likely N-dealkylation sites (N-methyl/N-ethyl adjacent to an activating group) is 1. The summed E-state index contributed by atoms with van der Waals surface area (Å²) in [7, 11) is 3.84. The third-order valence-electron chi connectivity index (χ3n) is 6.76. The predicted octanol–water partition coefficient (Wildman–Crippen LogP) is 3.38. The molecule has 156 valence electrons. The van der Waals surface area contributed by atoms with Gasteiger partial charge in [0.15, 0.2) is 5.78 Å². The third-order valence-corrected chi connectivity index (χ3v) is 6.76. The highest BCUT2D eigenvalue weighted by atomic mass is 16.5. The molecule has 6 heteroatoms. The second kappa shape index (κ2) is 6.51. The van der Waals surface area contributed by atoms with Gasteiger partial charge in [-0.25, -0.2) is 0 Å². The number of nitrogen functional groups attached to an aromatic ring is 1. The highest BCUT2D eigenvalue weighted by molar-refractivity contribution is 6.20. The van der Waals surface area contributed by atoms with E-state index in [2.05, 4.69) is 41.7 Å². The SMILES string of the molecule is COc1cc2c(cc1N1CCN(C)CC1)C(=O)c1c([nH]c3cc(N)ccc13)C2(C)C. The fourth-order valence-electron chi connectivity index (χ4n) is 4.92. The largest absolute Gasteiger partial charge is 0.495 e. The van der Waals surface area contributed by atoms with Crippen molar-refractivity contribution in [1.82, 2.24) is 9.88 Å². The Balaban J connectivity index is 1.70. The number of benzene rings is 2. The summed E-state index contributed by atoms with van der Waals surface area (Å²) in [5, 5.41) is 0.930. The number of carbonyl (C=O) groups is 1. The summed E-state index contributed by atoms with van der Waals surface area (Å²) in [6.45, 7) is 8.14. The maximum absolute atomic E-state index is 13.7. The van der Waals surface area contributed by atoms with Gasteiger partial charge in [-0.1, -0.05) is 19.9 Å². The molecule has 1 fully saturated rings. The number of aromatic amines is 1. The number of ether oxygens (including phenoxy) is 1. The monoisotopic (exact) mass is 404 g/mol. The average molecular weight is 405 g/mol. The first-order chi connectivity index (χ1) is 14.3. The molecule has 2 aliphatic rings. The van der Waals surface area contributed by atoms with Gasteiger partial charge < -0.3 is 25.3 Å². The lowest BCUT2D eigenvalue weighted by molar-refractivity contribution is 0.103. The van der Waals surface area contributed by atoms with Crippen molar-refractivity contribution in [3.8, 4) is 5.75 Å². The molecule has 6 nitrogen and oxygen atoms in total. The molecule has 0 unspecified atom stereocenters. The van der Waals surface area contributed by atoms with Crippen LogP contribution in [0.4, 0.5) is 11.4 Å². The number of H-pyrrole nitrogens is 1. The predicted molar refractivity (Wildman–Crippen MR) is 121 cm³/mol. The van der Waals surface area contributed by atoms with Crippen LogP contribution in [0.5, 0.6) is 5.75 Å². The molecule has 3 N–H and O–H groups in total. The molecule has 0 bridgehead atoms. The molecular formula is C24H28N4O2. The lowest BCUT2D eigenvalue weighted by atomic mass is 9.71. The number of aromatic nitrogens is 1. The number of hydrogen-bond acceptors (Lipinski definition) is 5. The van der Waals surface area contributed by atoms with Crippen LogP contribution < -0.4 is 15.4 Å². The maximum atomic E-state index is 13.7. The molecule has 3 aromatic rings. The standard InChI is InChI=1S/C24H28N4O2/c1-24(2)17-13-20(30-4)19(28-9-7-27(3)8-10-28)12-16(17)22(29)21-15-6-5-14(25)11-18(15)26-23(21)24/h5-6,11-13,26H,7-10,25H2,1-4H3. The summed E-state index contributed by atoms with van der Waals surface area (Å²) in [6, 6.07) is 9.81. The van der Waals surface area contributed by atoms with Gasteiger partial charge in [-0.3, -0.25) is 4.79 Å². The van der Waals surface area contributed by atoms with Crippen molar-refractivity contribution in [2.24, 2.45) is 0 Å². The van der Waals surface area contributed by atoms with Crippen molar-refractivity contribution in [3.05, 3.63) is 52.7 Å². The van der Waals surface area contributed by atoms with Gasteiger partial charge in [-0.05, 0) is 36.9 Å². The van der Waals surface area contributed by atoms with Gasteiger partial charge in [0.05, 0.1) is 18.4 Å². The number of piperazine rings is 1. The van der Waals surface area contributed by atoms with Crippen molar-refractivity contribution in [1.29, 1.82) is 0 Å². The van der Waals surface area contributed by atoms with Crippen LogP contribution in [0.2, 0.25) is 0 Å². The van der Waals surface area contributed by atoms with Crippen LogP contribution in [0.1, 0.15) is 41.0 Å². The van der Waals surface area contributed by atoms with E-state index >= 15 is 0 Å². The molecule has 0 spiro atoms. The normalized spacial score (nSPS) is 18.4. The minimum atomic E-state index is -0.361. The number of nitrogens with zero attached hydrogens (tertiary/aromatic N) is 2. The second-order valence-electron chi connectivity index (χ2n) is 8.99. The first-order valence-corrected chi connectivity index (χ1v) is 10.4. The fraction of sp³-hybridized carbons (Fsp3) is 0.375. The average Bonchev–Trinajstić information content (AvgIpc) is 3.12. The zero-order valence-corrected chi connectivity index (χ0v) is 18.0. The van der Waals surface area contributed by atoms with Gasteiger partial charge in [-0.15, -0.1) is 0 Å². The van der Waals surface area contributed by atoms with Crippen molar-refractivity contribution in [2.75, 3.05) is 51.0 Å². The first-order valence-electron chi connectivity index (χ1n) is 10.4. The molecular weight excluding hydrogens is 376 g/mol. The molecule has 2 heterocycles. The van der Waals surface area contributed by atoms with E-state index in [1.54, 1.807) is 7.11 Å². The number of rotatable bonds is 2. The summed E-state index contributed by atoms with van der Waals surface area (Å²) >= 11 is 0. The fourth-order valence-corrected chi connectivity index (χ4v) is 4.92. The van der Waals surface area contributed by atoms with Gasteiger partial charge >= 0.3 is 0 Å². The number of ketones is 1. The van der Waals surface area contributed by atoms with Crippen LogP contribution in [0.3, 0.4) is 0 Å². The Morgan fingerprint density at radius 3 is 2.53 bits per heavy atom. The number of nitrogens with two attached hydrogens (primary N) is 1. The molecule has 0 amide bonds. The Morgan fingerprint density at radius 1 is 1.10 bits per heavy atom. The van der Waals surface area contributed by atoms with Crippen LogP contribution in [-0.2, 0) is 5.41 Å². The molecule has 1 saturated heterocycles. The summed E-state index contributed by atoms with van der Waals surface area (Å²) in [4.78, 5) is 21.8. The van der Waals surface area contributed by atoms with Gasteiger partial charge in [0.25, 0.3) is 0 Å². The van der Waals surface area contributed by atoms with Gasteiger partial charge in [0.1, 0.15) is 5.75 Å². The van der Waals surface area contributed by atoms with Crippen LogP contribution in [-0.4, -0.2) is 56.0 Å². The summed E-state index contributed by atoms with van der Waals surface area (Å²) in [6.07, 6.45) is 0. The van der Waals surface area contributed by atoms with Crippen molar-refractivity contribution in [2.45, 2.75) is 19.3 Å². The number of fused-ring (bicyclic) bond motifs is 4. The number of hydrogen-bond donors (Lipinski definition) is 2. The number of nitrogens with one attached hydrogen (secondary N) is 1. The zero-order valence-electron chi connectivity index (χ0n) is 18.0. The highest BCUT2D eigenvalue weighted by Gasteiger charge is 2.40. The smallest absolute Gasteiger partial charge is 0.195 e. The Bertz CT molecular complexity index is 1170. The zero-order chi connectivity index (χ0) is 21.2.